The number of aliphatic hydroxyl groups excluding tert-OH is 1. The fourth-order valence-corrected chi connectivity index (χ4v) is 3.88. The highest BCUT2D eigenvalue weighted by atomic mass is 35.5. The topological polar surface area (TPSA) is 66.4 Å². The summed E-state index contributed by atoms with van der Waals surface area (Å²) < 4.78 is 22.7. The third-order valence-electron chi connectivity index (χ3n) is 2.62. The maximum Gasteiger partial charge on any atom is 0.155 e. The minimum absolute atomic E-state index is 0.100. The van der Waals surface area contributed by atoms with E-state index in [9.17, 15) is 13.5 Å². The monoisotopic (exact) mass is 295 g/mol. The number of anilines is 1. The van der Waals surface area contributed by atoms with Gasteiger partial charge in [0.2, 0.25) is 0 Å². The first-order valence-electron chi connectivity index (χ1n) is 4.98. The summed E-state index contributed by atoms with van der Waals surface area (Å²) in [4.78, 5) is 0. The van der Waals surface area contributed by atoms with Gasteiger partial charge in [0.1, 0.15) is 0 Å². The van der Waals surface area contributed by atoms with Crippen LogP contribution in [0, 0.1) is 0 Å². The lowest BCUT2D eigenvalue weighted by molar-refractivity contribution is 0.190. The SMILES string of the molecule is O=S1(=O)C[C@H](O)[C@H](Nc2cccc(Cl)c2Cl)C1. The average molecular weight is 296 g/mol. The summed E-state index contributed by atoms with van der Waals surface area (Å²) >= 11 is 11.8. The summed E-state index contributed by atoms with van der Waals surface area (Å²) in [5, 5.41) is 13.2. The maximum absolute atomic E-state index is 11.3. The highest BCUT2D eigenvalue weighted by Gasteiger charge is 2.36. The van der Waals surface area contributed by atoms with Gasteiger partial charge in [0, 0.05) is 0 Å². The fraction of sp³-hybridized carbons (Fsp3) is 0.400. The van der Waals surface area contributed by atoms with Crippen molar-refractivity contribution in [2.45, 2.75) is 12.1 Å². The lowest BCUT2D eigenvalue weighted by atomic mass is 10.2. The molecule has 1 aromatic carbocycles. The van der Waals surface area contributed by atoms with Gasteiger partial charge in [0.05, 0.1) is 39.4 Å². The van der Waals surface area contributed by atoms with Crippen molar-refractivity contribution < 1.29 is 13.5 Å². The molecule has 0 spiro atoms. The van der Waals surface area contributed by atoms with Gasteiger partial charge < -0.3 is 10.4 Å². The predicted molar refractivity (Wildman–Crippen MR) is 68.5 cm³/mol. The van der Waals surface area contributed by atoms with Crippen molar-refractivity contribution in [1.29, 1.82) is 0 Å². The highest BCUT2D eigenvalue weighted by molar-refractivity contribution is 7.91. The van der Waals surface area contributed by atoms with Gasteiger partial charge in [-0.1, -0.05) is 29.3 Å². The van der Waals surface area contributed by atoms with Crippen LogP contribution in [0.5, 0.6) is 0 Å². The van der Waals surface area contributed by atoms with E-state index in [1.54, 1.807) is 18.2 Å². The van der Waals surface area contributed by atoms with Gasteiger partial charge in [-0.3, -0.25) is 0 Å². The molecule has 1 saturated heterocycles. The molecule has 7 heteroatoms. The zero-order valence-electron chi connectivity index (χ0n) is 8.73. The van der Waals surface area contributed by atoms with Crippen LogP contribution < -0.4 is 5.32 Å². The third kappa shape index (κ3) is 2.85. The quantitative estimate of drug-likeness (QED) is 0.869. The highest BCUT2D eigenvalue weighted by Crippen LogP contribution is 2.31. The molecule has 1 aliphatic rings. The van der Waals surface area contributed by atoms with E-state index in [0.717, 1.165) is 0 Å². The van der Waals surface area contributed by atoms with Crippen molar-refractivity contribution in [2.24, 2.45) is 0 Å². The molecule has 2 rings (SSSR count). The van der Waals surface area contributed by atoms with Crippen LogP contribution in [0.4, 0.5) is 5.69 Å². The predicted octanol–water partition coefficient (Wildman–Crippen LogP) is 1.56. The molecule has 0 aliphatic carbocycles. The number of halogens is 2. The van der Waals surface area contributed by atoms with Gasteiger partial charge in [-0.15, -0.1) is 0 Å². The smallest absolute Gasteiger partial charge is 0.155 e. The molecular weight excluding hydrogens is 285 g/mol. The summed E-state index contributed by atoms with van der Waals surface area (Å²) in [7, 11) is -3.18. The first-order chi connectivity index (χ1) is 7.89. The zero-order chi connectivity index (χ0) is 12.6. The fourth-order valence-electron chi connectivity index (χ4n) is 1.78. The molecule has 0 unspecified atom stereocenters. The lowest BCUT2D eigenvalue weighted by Gasteiger charge is -2.17. The van der Waals surface area contributed by atoms with Gasteiger partial charge >= 0.3 is 0 Å². The van der Waals surface area contributed by atoms with Crippen molar-refractivity contribution in [3.8, 4) is 0 Å². The molecule has 0 saturated carbocycles. The van der Waals surface area contributed by atoms with E-state index in [0.29, 0.717) is 15.7 Å². The Bertz CT molecular complexity index is 532. The van der Waals surface area contributed by atoms with E-state index in [-0.39, 0.29) is 11.5 Å². The normalized spacial score (nSPS) is 27.0. The van der Waals surface area contributed by atoms with Crippen LogP contribution in [0.2, 0.25) is 10.0 Å². The van der Waals surface area contributed by atoms with Crippen LogP contribution in [0.25, 0.3) is 0 Å². The summed E-state index contributed by atoms with van der Waals surface area (Å²) in [6.07, 6.45) is -0.921. The maximum atomic E-state index is 11.3. The van der Waals surface area contributed by atoms with Gasteiger partial charge in [-0.25, -0.2) is 8.42 Å². The molecule has 94 valence electrons. The van der Waals surface area contributed by atoms with Crippen molar-refractivity contribution in [3.05, 3.63) is 28.2 Å². The van der Waals surface area contributed by atoms with E-state index in [1.165, 1.54) is 0 Å². The van der Waals surface area contributed by atoms with Crippen molar-refractivity contribution in [3.63, 3.8) is 0 Å². The van der Waals surface area contributed by atoms with Crippen LogP contribution >= 0.6 is 23.2 Å². The first kappa shape index (κ1) is 13.0. The van der Waals surface area contributed by atoms with E-state index in [2.05, 4.69) is 5.32 Å². The second kappa shape index (κ2) is 4.65. The molecule has 0 bridgehead atoms. The van der Waals surface area contributed by atoms with Crippen molar-refractivity contribution >= 4 is 38.7 Å². The molecule has 0 radical (unpaired) electrons. The Morgan fingerprint density at radius 3 is 2.59 bits per heavy atom. The van der Waals surface area contributed by atoms with Crippen molar-refractivity contribution in [1.82, 2.24) is 0 Å². The van der Waals surface area contributed by atoms with E-state index >= 15 is 0 Å². The van der Waals surface area contributed by atoms with Gasteiger partial charge in [-0.05, 0) is 12.1 Å². The minimum Gasteiger partial charge on any atom is -0.390 e. The van der Waals surface area contributed by atoms with E-state index in [1.807, 2.05) is 0 Å². The average Bonchev–Trinajstić information content (AvgIpc) is 2.47. The molecule has 4 nitrogen and oxygen atoms in total. The summed E-state index contributed by atoms with van der Waals surface area (Å²) in [6.45, 7) is 0. The minimum atomic E-state index is -3.18. The Morgan fingerprint density at radius 1 is 1.29 bits per heavy atom. The Labute approximate surface area is 109 Å². The van der Waals surface area contributed by atoms with E-state index < -0.39 is 22.0 Å². The van der Waals surface area contributed by atoms with Gasteiger partial charge in [0.25, 0.3) is 0 Å². The number of rotatable bonds is 2. The second-order valence-electron chi connectivity index (χ2n) is 4.00. The van der Waals surface area contributed by atoms with Crippen molar-refractivity contribution in [2.75, 3.05) is 16.8 Å². The summed E-state index contributed by atoms with van der Waals surface area (Å²) in [5.41, 5.74) is 0.528. The molecular formula is C10H11Cl2NO3S. The van der Waals surface area contributed by atoms with Crippen LogP contribution in [-0.4, -0.2) is 37.2 Å². The molecule has 1 heterocycles. The van der Waals surface area contributed by atoms with Crippen LogP contribution in [0.15, 0.2) is 18.2 Å². The third-order valence-corrected chi connectivity index (χ3v) is 5.15. The molecule has 1 aliphatic heterocycles. The molecule has 17 heavy (non-hydrogen) atoms. The van der Waals surface area contributed by atoms with E-state index in [4.69, 9.17) is 23.2 Å². The van der Waals surface area contributed by atoms with Crippen LogP contribution in [-0.2, 0) is 9.84 Å². The molecule has 0 aromatic heterocycles. The number of nitrogens with one attached hydrogen (secondary N) is 1. The first-order valence-corrected chi connectivity index (χ1v) is 7.56. The molecule has 2 N–H and O–H groups in total. The number of sulfone groups is 1. The van der Waals surface area contributed by atoms with Crippen LogP contribution in [0.1, 0.15) is 0 Å². The Hall–Kier alpha value is -0.490. The Kier molecular flexibility index (Phi) is 3.54. The number of hydrogen-bond donors (Lipinski definition) is 2. The lowest BCUT2D eigenvalue weighted by Crippen LogP contribution is -2.31. The number of hydrogen-bond acceptors (Lipinski definition) is 4. The standard InChI is InChI=1S/C10H11Cl2NO3S/c11-6-2-1-3-7(10(6)12)13-8-4-17(15,16)5-9(8)14/h1-3,8-9,13-14H,4-5H2/t8-,9+/m1/s1. The molecule has 2 atom stereocenters. The second-order valence-corrected chi connectivity index (χ2v) is 6.94. The molecule has 0 amide bonds. The Balaban J connectivity index is 2.20. The largest absolute Gasteiger partial charge is 0.390 e. The number of aliphatic hydroxyl groups is 1. The summed E-state index contributed by atoms with van der Waals surface area (Å²) in [6, 6.07) is 4.48. The van der Waals surface area contributed by atoms with Gasteiger partial charge in [-0.2, -0.15) is 0 Å². The summed E-state index contributed by atoms with van der Waals surface area (Å²) in [5.74, 6) is -0.320. The number of benzene rings is 1. The molecule has 1 aromatic rings. The molecule has 1 fully saturated rings. The van der Waals surface area contributed by atoms with Crippen LogP contribution in [0.3, 0.4) is 0 Å². The zero-order valence-corrected chi connectivity index (χ0v) is 11.1. The van der Waals surface area contributed by atoms with Gasteiger partial charge in [0.15, 0.2) is 9.84 Å². The Morgan fingerprint density at radius 2 is 2.00 bits per heavy atom.